The molecule has 9 aromatic rings. The lowest BCUT2D eigenvalue weighted by molar-refractivity contribution is 0.651. The molecule has 0 bridgehead atoms. The van der Waals surface area contributed by atoms with Gasteiger partial charge < -0.3 is 4.42 Å². The van der Waals surface area contributed by atoms with Crippen molar-refractivity contribution < 1.29 is 4.42 Å². The minimum absolute atomic E-state index is 0.591. The third kappa shape index (κ3) is 2.88. The number of para-hydroxylation sites is 2. The van der Waals surface area contributed by atoms with Crippen LogP contribution >= 0.6 is 11.3 Å². The van der Waals surface area contributed by atoms with Crippen molar-refractivity contribution in [3.05, 3.63) is 115 Å². The van der Waals surface area contributed by atoms with Crippen molar-refractivity contribution >= 4 is 75.4 Å². The third-order valence-corrected chi connectivity index (χ3v) is 8.79. The van der Waals surface area contributed by atoms with Gasteiger partial charge in [-0.05, 0) is 30.3 Å². The Morgan fingerprint density at radius 2 is 1.28 bits per heavy atom. The van der Waals surface area contributed by atoms with Crippen LogP contribution in [0.15, 0.2) is 120 Å². The second-order valence-corrected chi connectivity index (χ2v) is 10.9. The Balaban J connectivity index is 1.46. The molecule has 4 aromatic heterocycles. The summed E-state index contributed by atoms with van der Waals surface area (Å²) in [4.78, 5) is 10.3. The second kappa shape index (κ2) is 7.76. The number of furan rings is 1. The largest absolute Gasteiger partial charge is 0.437 e. The molecular formula is C34H19N3OS. The Bertz CT molecular complexity index is 2400. The molecule has 0 atom stereocenters. The molecule has 5 aromatic carbocycles. The van der Waals surface area contributed by atoms with Gasteiger partial charge in [0.05, 0.1) is 22.1 Å². The number of benzene rings is 5. The van der Waals surface area contributed by atoms with Crippen LogP contribution in [-0.2, 0) is 0 Å². The molecule has 4 heterocycles. The maximum Gasteiger partial charge on any atom is 0.238 e. The predicted octanol–water partition coefficient (Wildman–Crippen LogP) is 9.51. The van der Waals surface area contributed by atoms with Gasteiger partial charge in [-0.2, -0.15) is 4.98 Å². The van der Waals surface area contributed by atoms with Crippen molar-refractivity contribution in [1.82, 2.24) is 14.5 Å². The Morgan fingerprint density at radius 1 is 0.538 bits per heavy atom. The van der Waals surface area contributed by atoms with Gasteiger partial charge in [0, 0.05) is 41.9 Å². The fourth-order valence-electron chi connectivity index (χ4n) is 6.01. The van der Waals surface area contributed by atoms with E-state index in [4.69, 9.17) is 14.4 Å². The summed E-state index contributed by atoms with van der Waals surface area (Å²) in [5.74, 6) is 0.602. The lowest BCUT2D eigenvalue weighted by atomic mass is 10.1. The van der Waals surface area contributed by atoms with Gasteiger partial charge in [0.15, 0.2) is 0 Å². The van der Waals surface area contributed by atoms with E-state index in [1.54, 1.807) is 0 Å². The van der Waals surface area contributed by atoms with Gasteiger partial charge in [-0.1, -0.05) is 84.9 Å². The fraction of sp³-hybridized carbons (Fsp3) is 0. The Kier molecular flexibility index (Phi) is 4.18. The molecule has 4 nitrogen and oxygen atoms in total. The summed E-state index contributed by atoms with van der Waals surface area (Å²) in [5.41, 5.74) is 5.46. The summed E-state index contributed by atoms with van der Waals surface area (Å²) in [5, 5.41) is 6.95. The first kappa shape index (κ1) is 21.0. The molecule has 9 rings (SSSR count). The van der Waals surface area contributed by atoms with Gasteiger partial charge in [-0.3, -0.25) is 4.57 Å². The number of hydrogen-bond acceptors (Lipinski definition) is 4. The van der Waals surface area contributed by atoms with Crippen LogP contribution in [0.1, 0.15) is 0 Å². The van der Waals surface area contributed by atoms with Crippen LogP contribution in [0.5, 0.6) is 0 Å². The zero-order chi connectivity index (χ0) is 25.5. The average Bonchev–Trinajstić information content (AvgIpc) is 3.66. The summed E-state index contributed by atoms with van der Waals surface area (Å²) < 4.78 is 11.1. The van der Waals surface area contributed by atoms with Crippen LogP contribution in [0.4, 0.5) is 0 Å². The van der Waals surface area contributed by atoms with Crippen molar-refractivity contribution in [2.45, 2.75) is 0 Å². The predicted molar refractivity (Wildman–Crippen MR) is 162 cm³/mol. The molecule has 5 heteroatoms. The zero-order valence-electron chi connectivity index (χ0n) is 20.6. The van der Waals surface area contributed by atoms with Crippen LogP contribution in [-0.4, -0.2) is 14.5 Å². The molecule has 0 radical (unpaired) electrons. The molecule has 0 fully saturated rings. The highest BCUT2D eigenvalue weighted by molar-refractivity contribution is 7.26. The maximum atomic E-state index is 6.33. The van der Waals surface area contributed by atoms with Gasteiger partial charge in [-0.25, -0.2) is 4.98 Å². The van der Waals surface area contributed by atoms with Crippen LogP contribution in [0.2, 0.25) is 0 Å². The molecule has 0 N–H and O–H groups in total. The van der Waals surface area contributed by atoms with Gasteiger partial charge in [0.2, 0.25) is 11.7 Å². The molecule has 0 aliphatic carbocycles. The topological polar surface area (TPSA) is 43.9 Å². The number of thiophene rings is 1. The van der Waals surface area contributed by atoms with Crippen LogP contribution < -0.4 is 0 Å². The fourth-order valence-corrected chi connectivity index (χ4v) is 7.12. The molecule has 0 unspecified atom stereocenters. The first-order valence-electron chi connectivity index (χ1n) is 12.9. The van der Waals surface area contributed by atoms with Gasteiger partial charge >= 0.3 is 0 Å². The number of rotatable bonds is 2. The smallest absolute Gasteiger partial charge is 0.238 e. The standard InChI is InChI=1S/C34H19N3OS/c1-2-10-20(11-3-1)32-31-22-13-5-8-16-26(22)38-33(31)36-34(35-32)37-24-15-7-4-12-21(24)29-25(37)18-19-28-30(29)23-14-6-9-17-27(23)39-28/h1-19H. The van der Waals surface area contributed by atoms with E-state index < -0.39 is 0 Å². The summed E-state index contributed by atoms with van der Waals surface area (Å²) >= 11 is 1.84. The minimum Gasteiger partial charge on any atom is -0.437 e. The molecule has 0 aliphatic heterocycles. The number of hydrogen-bond donors (Lipinski definition) is 0. The zero-order valence-corrected chi connectivity index (χ0v) is 21.4. The minimum atomic E-state index is 0.591. The number of aromatic nitrogens is 3. The number of nitrogens with zero attached hydrogens (tertiary/aromatic N) is 3. The highest BCUT2D eigenvalue weighted by Crippen LogP contribution is 2.43. The summed E-state index contributed by atoms with van der Waals surface area (Å²) in [6.45, 7) is 0. The molecule has 39 heavy (non-hydrogen) atoms. The number of fused-ring (bicyclic) bond motifs is 10. The van der Waals surface area contributed by atoms with E-state index in [0.29, 0.717) is 11.7 Å². The molecule has 0 amide bonds. The first-order chi connectivity index (χ1) is 19.3. The van der Waals surface area contributed by atoms with E-state index >= 15 is 0 Å². The average molecular weight is 518 g/mol. The first-order valence-corrected chi connectivity index (χ1v) is 13.8. The Labute approximate surface area is 226 Å². The van der Waals surface area contributed by atoms with Crippen LogP contribution in [0.25, 0.3) is 81.3 Å². The molecular weight excluding hydrogens is 498 g/mol. The van der Waals surface area contributed by atoms with Crippen molar-refractivity contribution in [2.24, 2.45) is 0 Å². The van der Waals surface area contributed by atoms with Crippen molar-refractivity contribution in [1.29, 1.82) is 0 Å². The monoisotopic (exact) mass is 517 g/mol. The molecule has 182 valence electrons. The molecule has 0 saturated heterocycles. The highest BCUT2D eigenvalue weighted by Gasteiger charge is 2.22. The van der Waals surface area contributed by atoms with E-state index in [1.807, 2.05) is 47.7 Å². The maximum absolute atomic E-state index is 6.33. The third-order valence-electron chi connectivity index (χ3n) is 7.65. The van der Waals surface area contributed by atoms with Gasteiger partial charge in [0.1, 0.15) is 5.58 Å². The lowest BCUT2D eigenvalue weighted by Crippen LogP contribution is -2.02. The summed E-state index contributed by atoms with van der Waals surface area (Å²) in [6.07, 6.45) is 0. The molecule has 0 aliphatic rings. The van der Waals surface area contributed by atoms with Gasteiger partial charge in [-0.15, -0.1) is 11.3 Å². The van der Waals surface area contributed by atoms with E-state index in [1.165, 1.54) is 30.9 Å². The SMILES string of the molecule is c1ccc(-c2nc(-n3c4ccccc4c4c5c(ccc43)sc3ccccc35)nc3oc4ccccc4c23)cc1. The van der Waals surface area contributed by atoms with Crippen LogP contribution in [0.3, 0.4) is 0 Å². The van der Waals surface area contributed by atoms with Crippen molar-refractivity contribution in [3.63, 3.8) is 0 Å². The van der Waals surface area contributed by atoms with E-state index in [2.05, 4.69) is 83.4 Å². The highest BCUT2D eigenvalue weighted by atomic mass is 32.1. The normalized spacial score (nSPS) is 12.1. The lowest BCUT2D eigenvalue weighted by Gasteiger charge is -2.09. The van der Waals surface area contributed by atoms with Gasteiger partial charge in [0.25, 0.3) is 0 Å². The van der Waals surface area contributed by atoms with Crippen molar-refractivity contribution in [3.8, 4) is 17.2 Å². The van der Waals surface area contributed by atoms with E-state index in [0.717, 1.165) is 38.6 Å². The summed E-state index contributed by atoms with van der Waals surface area (Å²) in [6, 6.07) is 40.1. The molecule has 0 spiro atoms. The second-order valence-electron chi connectivity index (χ2n) is 9.80. The van der Waals surface area contributed by atoms with E-state index in [-0.39, 0.29) is 0 Å². The quantitative estimate of drug-likeness (QED) is 0.229. The summed E-state index contributed by atoms with van der Waals surface area (Å²) in [7, 11) is 0. The van der Waals surface area contributed by atoms with Crippen LogP contribution in [0, 0.1) is 0 Å². The molecule has 0 saturated carbocycles. The Morgan fingerprint density at radius 3 is 2.18 bits per heavy atom. The van der Waals surface area contributed by atoms with Crippen molar-refractivity contribution in [2.75, 3.05) is 0 Å². The Hall–Kier alpha value is -5.00. The van der Waals surface area contributed by atoms with E-state index in [9.17, 15) is 0 Å².